The van der Waals surface area contributed by atoms with E-state index in [4.69, 9.17) is 0 Å². The number of carbonyl (C=O) groups excluding carboxylic acids is 1. The van der Waals surface area contributed by atoms with Crippen LogP contribution in [0.15, 0.2) is 42.5 Å². The van der Waals surface area contributed by atoms with Crippen LogP contribution in [0.25, 0.3) is 0 Å². The summed E-state index contributed by atoms with van der Waals surface area (Å²) in [6.07, 6.45) is 2.10. The first kappa shape index (κ1) is 20.8. The number of thiophene rings is 1. The molecule has 0 radical (unpaired) electrons. The Hall–Kier alpha value is -2.51. The number of nitrogens with one attached hydrogen (secondary N) is 1. The number of aromatic nitrogens is 3. The average molecular weight is 424 g/mol. The SMILES string of the molecule is Cc1ccc(CN2CCc3nnc([C@@H](C)NC(=O)CCc4ccccc4)n3CC2)s1. The highest BCUT2D eigenvalue weighted by atomic mass is 32.1. The molecule has 1 aromatic carbocycles. The van der Waals surface area contributed by atoms with Gasteiger partial charge >= 0.3 is 0 Å². The van der Waals surface area contributed by atoms with Crippen LogP contribution in [0, 0.1) is 6.92 Å². The molecule has 0 saturated heterocycles. The van der Waals surface area contributed by atoms with Crippen LogP contribution >= 0.6 is 11.3 Å². The number of carbonyl (C=O) groups is 1. The van der Waals surface area contributed by atoms with Crippen LogP contribution in [0.1, 0.15) is 46.4 Å². The number of rotatable bonds is 7. The number of hydrogen-bond donors (Lipinski definition) is 1. The van der Waals surface area contributed by atoms with Crippen molar-refractivity contribution in [2.45, 2.75) is 52.2 Å². The van der Waals surface area contributed by atoms with Gasteiger partial charge < -0.3 is 9.88 Å². The van der Waals surface area contributed by atoms with Gasteiger partial charge in [0.05, 0.1) is 6.04 Å². The molecule has 0 bridgehead atoms. The highest BCUT2D eigenvalue weighted by Crippen LogP contribution is 2.20. The second kappa shape index (κ2) is 9.53. The van der Waals surface area contributed by atoms with Crippen molar-refractivity contribution in [3.63, 3.8) is 0 Å². The summed E-state index contributed by atoms with van der Waals surface area (Å²) in [5.74, 6) is 1.92. The van der Waals surface area contributed by atoms with Crippen molar-refractivity contribution in [1.29, 1.82) is 0 Å². The summed E-state index contributed by atoms with van der Waals surface area (Å²) in [7, 11) is 0. The summed E-state index contributed by atoms with van der Waals surface area (Å²) in [6, 6.07) is 14.4. The van der Waals surface area contributed by atoms with Crippen molar-refractivity contribution in [3.05, 3.63) is 69.4 Å². The van der Waals surface area contributed by atoms with Gasteiger partial charge in [0.15, 0.2) is 5.82 Å². The molecule has 0 aliphatic carbocycles. The van der Waals surface area contributed by atoms with Crippen LogP contribution in [-0.4, -0.2) is 38.7 Å². The third kappa shape index (κ3) is 5.15. The summed E-state index contributed by atoms with van der Waals surface area (Å²) in [5, 5.41) is 11.9. The molecule has 0 spiro atoms. The molecule has 1 aliphatic rings. The molecule has 6 nitrogen and oxygen atoms in total. The van der Waals surface area contributed by atoms with E-state index in [-0.39, 0.29) is 11.9 Å². The first-order valence-electron chi connectivity index (χ1n) is 10.6. The van der Waals surface area contributed by atoms with Gasteiger partial charge in [-0.1, -0.05) is 30.3 Å². The zero-order valence-electron chi connectivity index (χ0n) is 17.7. The van der Waals surface area contributed by atoms with E-state index in [2.05, 4.69) is 56.2 Å². The maximum Gasteiger partial charge on any atom is 0.220 e. The van der Waals surface area contributed by atoms with Crippen LogP contribution in [0.3, 0.4) is 0 Å². The summed E-state index contributed by atoms with van der Waals surface area (Å²) in [4.78, 5) is 17.7. The first-order valence-corrected chi connectivity index (χ1v) is 11.4. The standard InChI is InChI=1S/C23H29N5OS/c1-17-8-10-20(30-17)16-27-13-12-21-25-26-23(28(21)15-14-27)18(2)24-22(29)11-9-19-6-4-3-5-7-19/h3-8,10,18H,9,11-16H2,1-2H3,(H,24,29)/t18-/m1/s1. The number of benzene rings is 1. The van der Waals surface area contributed by atoms with Gasteiger partial charge in [-0.3, -0.25) is 9.69 Å². The van der Waals surface area contributed by atoms with E-state index < -0.39 is 0 Å². The molecule has 1 amide bonds. The van der Waals surface area contributed by atoms with E-state index in [9.17, 15) is 4.79 Å². The van der Waals surface area contributed by atoms with E-state index >= 15 is 0 Å². The Morgan fingerprint density at radius 2 is 1.97 bits per heavy atom. The largest absolute Gasteiger partial charge is 0.346 e. The van der Waals surface area contributed by atoms with Gasteiger partial charge in [-0.2, -0.15) is 0 Å². The molecule has 158 valence electrons. The Morgan fingerprint density at radius 1 is 1.13 bits per heavy atom. The average Bonchev–Trinajstić information content (AvgIpc) is 3.29. The lowest BCUT2D eigenvalue weighted by molar-refractivity contribution is -0.121. The van der Waals surface area contributed by atoms with Crippen LogP contribution < -0.4 is 5.32 Å². The van der Waals surface area contributed by atoms with Crippen molar-refractivity contribution in [2.24, 2.45) is 0 Å². The molecule has 4 rings (SSSR count). The molecule has 3 heterocycles. The third-order valence-corrected chi connectivity index (χ3v) is 6.56. The molecule has 0 unspecified atom stereocenters. The highest BCUT2D eigenvalue weighted by molar-refractivity contribution is 7.11. The molecular weight excluding hydrogens is 394 g/mol. The van der Waals surface area contributed by atoms with E-state index in [0.717, 1.165) is 50.7 Å². The smallest absolute Gasteiger partial charge is 0.220 e. The quantitative estimate of drug-likeness (QED) is 0.632. The zero-order valence-corrected chi connectivity index (χ0v) is 18.5. The van der Waals surface area contributed by atoms with Crippen molar-refractivity contribution in [2.75, 3.05) is 13.1 Å². The van der Waals surface area contributed by atoms with Gasteiger partial charge in [0.2, 0.25) is 5.91 Å². The lowest BCUT2D eigenvalue weighted by Crippen LogP contribution is -2.30. The Balaban J connectivity index is 1.33. The van der Waals surface area contributed by atoms with Gasteiger partial charge in [-0.05, 0) is 38.0 Å². The normalized spacial score (nSPS) is 15.4. The molecule has 0 saturated carbocycles. The molecule has 2 aromatic heterocycles. The van der Waals surface area contributed by atoms with E-state index in [0.29, 0.717) is 6.42 Å². The van der Waals surface area contributed by atoms with Gasteiger partial charge in [0, 0.05) is 48.8 Å². The van der Waals surface area contributed by atoms with Gasteiger partial charge in [-0.15, -0.1) is 21.5 Å². The Labute approximate surface area is 181 Å². The lowest BCUT2D eigenvalue weighted by Gasteiger charge is -2.19. The Morgan fingerprint density at radius 3 is 2.73 bits per heavy atom. The van der Waals surface area contributed by atoms with Crippen molar-refractivity contribution in [3.8, 4) is 0 Å². The molecule has 0 fully saturated rings. The molecule has 1 N–H and O–H groups in total. The minimum absolute atomic E-state index is 0.0482. The number of amides is 1. The fourth-order valence-corrected chi connectivity index (χ4v) is 4.87. The first-order chi connectivity index (χ1) is 14.6. The van der Waals surface area contributed by atoms with Crippen LogP contribution in [0.5, 0.6) is 0 Å². The number of hydrogen-bond acceptors (Lipinski definition) is 5. The van der Waals surface area contributed by atoms with Gasteiger partial charge in [0.25, 0.3) is 0 Å². The van der Waals surface area contributed by atoms with Crippen molar-refractivity contribution in [1.82, 2.24) is 25.0 Å². The monoisotopic (exact) mass is 423 g/mol. The molecule has 1 atom stereocenters. The molecular formula is C23H29N5OS. The third-order valence-electron chi connectivity index (χ3n) is 5.57. The Kier molecular flexibility index (Phi) is 6.59. The molecule has 3 aromatic rings. The predicted octanol–water partition coefficient (Wildman–Crippen LogP) is 3.52. The maximum absolute atomic E-state index is 12.4. The molecule has 30 heavy (non-hydrogen) atoms. The van der Waals surface area contributed by atoms with Crippen molar-refractivity contribution < 1.29 is 4.79 Å². The maximum atomic E-state index is 12.4. The molecule has 1 aliphatic heterocycles. The summed E-state index contributed by atoms with van der Waals surface area (Å²) >= 11 is 1.87. The van der Waals surface area contributed by atoms with E-state index in [1.807, 2.05) is 36.5 Å². The van der Waals surface area contributed by atoms with Crippen LogP contribution in [0.2, 0.25) is 0 Å². The van der Waals surface area contributed by atoms with Crippen LogP contribution in [0.4, 0.5) is 0 Å². The lowest BCUT2D eigenvalue weighted by atomic mass is 10.1. The highest BCUT2D eigenvalue weighted by Gasteiger charge is 2.23. The second-order valence-electron chi connectivity index (χ2n) is 7.94. The van der Waals surface area contributed by atoms with Gasteiger partial charge in [-0.25, -0.2) is 0 Å². The number of aryl methyl sites for hydroxylation is 2. The summed E-state index contributed by atoms with van der Waals surface area (Å²) in [6.45, 7) is 7.93. The van der Waals surface area contributed by atoms with Crippen molar-refractivity contribution >= 4 is 17.2 Å². The minimum Gasteiger partial charge on any atom is -0.346 e. The fraction of sp³-hybridized carbons (Fsp3) is 0.435. The minimum atomic E-state index is -0.152. The Bertz CT molecular complexity index is 981. The number of nitrogens with zero attached hydrogens (tertiary/aromatic N) is 4. The molecule has 7 heteroatoms. The summed E-state index contributed by atoms with van der Waals surface area (Å²) in [5.41, 5.74) is 1.18. The van der Waals surface area contributed by atoms with E-state index in [1.165, 1.54) is 15.3 Å². The van der Waals surface area contributed by atoms with Crippen LogP contribution in [-0.2, 0) is 30.7 Å². The fourth-order valence-electron chi connectivity index (χ4n) is 3.94. The number of fused-ring (bicyclic) bond motifs is 1. The summed E-state index contributed by atoms with van der Waals surface area (Å²) < 4.78 is 2.20. The second-order valence-corrected chi connectivity index (χ2v) is 9.31. The zero-order chi connectivity index (χ0) is 20.9. The topological polar surface area (TPSA) is 63.1 Å². The predicted molar refractivity (Wildman–Crippen MR) is 119 cm³/mol. The van der Waals surface area contributed by atoms with Gasteiger partial charge in [0.1, 0.15) is 5.82 Å². The van der Waals surface area contributed by atoms with E-state index in [1.54, 1.807) is 0 Å².